The summed E-state index contributed by atoms with van der Waals surface area (Å²) >= 11 is 1.75. The number of anilines is 1. The molecule has 7 heteroatoms. The van der Waals surface area contributed by atoms with Gasteiger partial charge in [0.05, 0.1) is 12.8 Å². The highest BCUT2D eigenvalue weighted by atomic mass is 127. The lowest BCUT2D eigenvalue weighted by Crippen LogP contribution is -2.34. The Bertz CT molecular complexity index is 1040. The molecule has 0 unspecified atom stereocenters. The zero-order valence-corrected chi connectivity index (χ0v) is 17.3. The second kappa shape index (κ2) is 8.22. The van der Waals surface area contributed by atoms with E-state index in [9.17, 15) is 9.59 Å². The molecule has 1 aliphatic rings. The van der Waals surface area contributed by atoms with Gasteiger partial charge in [0.2, 0.25) is 0 Å². The Kier molecular flexibility index (Phi) is 5.52. The van der Waals surface area contributed by atoms with Crippen LogP contribution in [0, 0.1) is 0 Å². The van der Waals surface area contributed by atoms with E-state index >= 15 is 0 Å². The minimum absolute atomic E-state index is 0.0328. The van der Waals surface area contributed by atoms with Crippen molar-refractivity contribution in [3.05, 3.63) is 81.7 Å². The highest BCUT2D eigenvalue weighted by molar-refractivity contribution is 14.1. The number of amides is 1. The van der Waals surface area contributed by atoms with Crippen LogP contribution in [-0.2, 0) is 19.4 Å². The zero-order valence-electron chi connectivity index (χ0n) is 15.1. The molecule has 0 bridgehead atoms. The third-order valence-electron chi connectivity index (χ3n) is 4.95. The monoisotopic (exact) mass is 490 g/mol. The first-order valence-corrected chi connectivity index (χ1v) is 10.0. The molecule has 0 aliphatic heterocycles. The summed E-state index contributed by atoms with van der Waals surface area (Å²) in [5.74, 6) is 0.585. The number of aromatic nitrogens is 1. The van der Waals surface area contributed by atoms with Crippen LogP contribution < -0.4 is 13.9 Å². The maximum absolute atomic E-state index is 13.4. The minimum Gasteiger partial charge on any atom is -0.467 e. The normalized spacial score (nSPS) is 13.0. The quantitative estimate of drug-likeness (QED) is 0.540. The van der Waals surface area contributed by atoms with Crippen LogP contribution in [0.2, 0.25) is 0 Å². The molecule has 0 atom stereocenters. The predicted molar refractivity (Wildman–Crippen MR) is 114 cm³/mol. The van der Waals surface area contributed by atoms with Gasteiger partial charge in [0.15, 0.2) is 28.8 Å². The Morgan fingerprint density at radius 3 is 2.64 bits per heavy atom. The van der Waals surface area contributed by atoms with Crippen LogP contribution in [0.1, 0.15) is 40.2 Å². The molecule has 0 radical (unpaired) electrons. The zero-order chi connectivity index (χ0) is 19.5. The average molecular weight is 490 g/mol. The summed E-state index contributed by atoms with van der Waals surface area (Å²) in [7, 11) is 0. The lowest BCUT2D eigenvalue weighted by Gasteiger charge is -2.24. The number of fused-ring (bicyclic) bond motifs is 1. The number of carbonyl (C=O) groups is 1. The second-order valence-electron chi connectivity index (χ2n) is 6.70. The van der Waals surface area contributed by atoms with E-state index < -0.39 is 5.91 Å². The summed E-state index contributed by atoms with van der Waals surface area (Å²) < 4.78 is 12.6. The van der Waals surface area contributed by atoms with E-state index in [0.29, 0.717) is 23.7 Å². The lowest BCUT2D eigenvalue weighted by molar-refractivity contribution is 0.102. The molecule has 1 amide bonds. The molecule has 0 saturated heterocycles. The summed E-state index contributed by atoms with van der Waals surface area (Å²) in [5.41, 5.74) is 2.16. The fraction of sp³-hybridized carbons (Fsp3) is 0.238. The molecule has 1 aromatic carbocycles. The molecular formula is C21H19IN2O4. The SMILES string of the molecule is O=C(Nc1ccccc1)c1c(OI)c2c(n(Cc3ccco3)c1=O)CCCC2. The number of halogens is 1. The second-order valence-corrected chi connectivity index (χ2v) is 7.14. The Labute approximate surface area is 176 Å². The van der Waals surface area contributed by atoms with Crippen molar-refractivity contribution in [2.24, 2.45) is 0 Å². The molecule has 2 heterocycles. The third-order valence-corrected chi connectivity index (χ3v) is 5.40. The first-order valence-electron chi connectivity index (χ1n) is 9.15. The van der Waals surface area contributed by atoms with Crippen LogP contribution in [0.4, 0.5) is 5.69 Å². The van der Waals surface area contributed by atoms with Gasteiger partial charge in [-0.05, 0) is 49.9 Å². The summed E-state index contributed by atoms with van der Waals surface area (Å²) in [5, 5.41) is 2.81. The smallest absolute Gasteiger partial charge is 0.267 e. The topological polar surface area (TPSA) is 73.5 Å². The Balaban J connectivity index is 1.84. The molecule has 0 spiro atoms. The Morgan fingerprint density at radius 1 is 1.14 bits per heavy atom. The van der Waals surface area contributed by atoms with E-state index in [2.05, 4.69) is 5.32 Å². The molecular weight excluding hydrogens is 471 g/mol. The van der Waals surface area contributed by atoms with Crippen molar-refractivity contribution in [2.45, 2.75) is 32.2 Å². The maximum Gasteiger partial charge on any atom is 0.267 e. The number of hydrogen-bond donors (Lipinski definition) is 1. The Morgan fingerprint density at radius 2 is 1.93 bits per heavy atom. The molecule has 0 saturated carbocycles. The lowest BCUT2D eigenvalue weighted by atomic mass is 9.93. The number of carbonyl (C=O) groups excluding carboxylic acids is 1. The van der Waals surface area contributed by atoms with Crippen LogP contribution in [0.25, 0.3) is 0 Å². The Hall–Kier alpha value is -2.55. The standard InChI is InChI=1S/C21H19IN2O4/c22-28-19-16-10-4-5-11-17(16)24(13-15-9-6-12-27-15)21(26)18(19)20(25)23-14-7-2-1-3-8-14/h1-3,6-9,12H,4-5,10-11,13H2,(H,23,25). The predicted octanol–water partition coefficient (Wildman–Crippen LogP) is 4.35. The average Bonchev–Trinajstić information content (AvgIpc) is 3.23. The molecule has 1 aliphatic carbocycles. The number of hydrogen-bond acceptors (Lipinski definition) is 4. The largest absolute Gasteiger partial charge is 0.467 e. The maximum atomic E-state index is 13.4. The van der Waals surface area contributed by atoms with Gasteiger partial charge < -0.3 is 17.4 Å². The highest BCUT2D eigenvalue weighted by Crippen LogP contribution is 2.33. The molecule has 4 rings (SSSR count). The fourth-order valence-corrected chi connectivity index (χ4v) is 4.15. The van der Waals surface area contributed by atoms with Gasteiger partial charge in [0.1, 0.15) is 11.3 Å². The van der Waals surface area contributed by atoms with E-state index in [-0.39, 0.29) is 11.1 Å². The fourth-order valence-electron chi connectivity index (χ4n) is 3.66. The van der Waals surface area contributed by atoms with E-state index in [4.69, 9.17) is 7.48 Å². The van der Waals surface area contributed by atoms with Crippen LogP contribution in [0.15, 0.2) is 57.9 Å². The van der Waals surface area contributed by atoms with E-state index in [1.165, 1.54) is 0 Å². The van der Waals surface area contributed by atoms with Gasteiger partial charge in [-0.25, -0.2) is 0 Å². The first-order chi connectivity index (χ1) is 13.7. The van der Waals surface area contributed by atoms with Gasteiger partial charge in [-0.15, -0.1) is 0 Å². The summed E-state index contributed by atoms with van der Waals surface area (Å²) in [4.78, 5) is 26.4. The molecule has 0 fully saturated rings. The number of nitrogens with one attached hydrogen (secondary N) is 1. The molecule has 1 N–H and O–H groups in total. The van der Waals surface area contributed by atoms with Crippen molar-refractivity contribution in [1.82, 2.24) is 4.57 Å². The van der Waals surface area contributed by atoms with Crippen molar-refractivity contribution < 1.29 is 12.3 Å². The van der Waals surface area contributed by atoms with Crippen molar-refractivity contribution in [3.8, 4) is 5.75 Å². The number of pyridine rings is 1. The van der Waals surface area contributed by atoms with Gasteiger partial charge in [-0.1, -0.05) is 18.2 Å². The van der Waals surface area contributed by atoms with Gasteiger partial charge in [0, 0.05) is 16.9 Å². The summed E-state index contributed by atoms with van der Waals surface area (Å²) in [6.45, 7) is 0.293. The van der Waals surface area contributed by atoms with E-state index in [0.717, 1.165) is 36.9 Å². The van der Waals surface area contributed by atoms with Crippen molar-refractivity contribution in [1.29, 1.82) is 0 Å². The van der Waals surface area contributed by atoms with Gasteiger partial charge in [-0.2, -0.15) is 0 Å². The molecule has 3 aromatic rings. The van der Waals surface area contributed by atoms with Crippen LogP contribution in [0.5, 0.6) is 5.75 Å². The number of benzene rings is 1. The molecule has 144 valence electrons. The van der Waals surface area contributed by atoms with Crippen molar-refractivity contribution >= 4 is 34.6 Å². The van der Waals surface area contributed by atoms with Crippen LogP contribution in [0.3, 0.4) is 0 Å². The van der Waals surface area contributed by atoms with Gasteiger partial charge in [0.25, 0.3) is 11.5 Å². The number of para-hydroxylation sites is 1. The minimum atomic E-state index is -0.468. The highest BCUT2D eigenvalue weighted by Gasteiger charge is 2.29. The van der Waals surface area contributed by atoms with E-state index in [1.54, 1.807) is 52.0 Å². The number of nitrogens with zero attached hydrogens (tertiary/aromatic N) is 1. The molecule has 6 nitrogen and oxygen atoms in total. The number of furan rings is 1. The first kappa shape index (κ1) is 18.8. The van der Waals surface area contributed by atoms with Crippen molar-refractivity contribution in [2.75, 3.05) is 5.32 Å². The van der Waals surface area contributed by atoms with Crippen molar-refractivity contribution in [3.63, 3.8) is 0 Å². The molecule has 28 heavy (non-hydrogen) atoms. The van der Waals surface area contributed by atoms with Gasteiger partial charge in [-0.3, -0.25) is 9.59 Å². The number of rotatable bonds is 5. The van der Waals surface area contributed by atoms with Gasteiger partial charge >= 0.3 is 0 Å². The summed E-state index contributed by atoms with van der Waals surface area (Å²) in [6, 6.07) is 12.7. The van der Waals surface area contributed by atoms with E-state index in [1.807, 2.05) is 24.3 Å². The molecule has 2 aromatic heterocycles. The third kappa shape index (κ3) is 3.58. The van der Waals surface area contributed by atoms with Crippen LogP contribution >= 0.6 is 23.0 Å². The van der Waals surface area contributed by atoms with Crippen LogP contribution in [-0.4, -0.2) is 10.5 Å². The summed E-state index contributed by atoms with van der Waals surface area (Å²) in [6.07, 6.45) is 5.13.